The zero-order valence-electron chi connectivity index (χ0n) is 9.01. The maximum atomic E-state index is 8.71. The van der Waals surface area contributed by atoms with E-state index >= 15 is 0 Å². The molecule has 0 saturated heterocycles. The van der Waals surface area contributed by atoms with Crippen molar-refractivity contribution in [2.24, 2.45) is 5.73 Å². The van der Waals surface area contributed by atoms with Crippen molar-refractivity contribution in [3.8, 4) is 6.07 Å². The van der Waals surface area contributed by atoms with Crippen LogP contribution in [0.4, 0.5) is 0 Å². The molecule has 0 heterocycles. The zero-order chi connectivity index (χ0) is 10.3. The lowest BCUT2D eigenvalue weighted by atomic mass is 10.1. The average molecular weight is 183 g/mol. The molecule has 0 aromatic heterocycles. The lowest BCUT2D eigenvalue weighted by molar-refractivity contribution is 0.284. The molecule has 1 unspecified atom stereocenters. The van der Waals surface area contributed by atoms with Gasteiger partial charge in [-0.1, -0.05) is 19.8 Å². The van der Waals surface area contributed by atoms with Gasteiger partial charge in [0, 0.05) is 6.54 Å². The van der Waals surface area contributed by atoms with Gasteiger partial charge < -0.3 is 10.6 Å². The van der Waals surface area contributed by atoms with Crippen LogP contribution < -0.4 is 5.73 Å². The summed E-state index contributed by atoms with van der Waals surface area (Å²) in [4.78, 5) is 2.12. The fourth-order valence-electron chi connectivity index (χ4n) is 1.31. The lowest BCUT2D eigenvalue weighted by Crippen LogP contribution is -2.45. The molecule has 2 N–H and O–H groups in total. The number of nitriles is 1. The summed E-state index contributed by atoms with van der Waals surface area (Å²) in [5.41, 5.74) is 5.01. The van der Waals surface area contributed by atoms with E-state index in [0.717, 1.165) is 6.54 Å². The second-order valence-corrected chi connectivity index (χ2v) is 3.97. The van der Waals surface area contributed by atoms with E-state index in [9.17, 15) is 0 Å². The van der Waals surface area contributed by atoms with Gasteiger partial charge in [-0.25, -0.2) is 0 Å². The third-order valence-electron chi connectivity index (χ3n) is 2.00. The molecule has 0 aromatic carbocycles. The Hall–Kier alpha value is -0.590. The molecule has 76 valence electrons. The number of hydrogen-bond acceptors (Lipinski definition) is 3. The van der Waals surface area contributed by atoms with Gasteiger partial charge in [0.2, 0.25) is 0 Å². The minimum atomic E-state index is -0.707. The van der Waals surface area contributed by atoms with E-state index in [0.29, 0.717) is 6.54 Å². The molecule has 0 aliphatic heterocycles. The van der Waals surface area contributed by atoms with E-state index in [1.165, 1.54) is 19.3 Å². The third-order valence-corrected chi connectivity index (χ3v) is 2.00. The Balaban J connectivity index is 3.63. The zero-order valence-corrected chi connectivity index (χ0v) is 9.01. The second-order valence-electron chi connectivity index (χ2n) is 3.97. The van der Waals surface area contributed by atoms with Crippen LogP contribution in [0, 0.1) is 11.3 Å². The van der Waals surface area contributed by atoms with Gasteiger partial charge >= 0.3 is 0 Å². The molecule has 0 aromatic rings. The topological polar surface area (TPSA) is 53.0 Å². The molecule has 3 heteroatoms. The van der Waals surface area contributed by atoms with Gasteiger partial charge in [0.15, 0.2) is 0 Å². The first-order valence-electron chi connectivity index (χ1n) is 4.90. The van der Waals surface area contributed by atoms with Crippen molar-refractivity contribution in [1.82, 2.24) is 4.90 Å². The molecular formula is C10H21N3. The van der Waals surface area contributed by atoms with E-state index in [1.807, 2.05) is 7.05 Å². The Morgan fingerprint density at radius 1 is 1.46 bits per heavy atom. The summed E-state index contributed by atoms with van der Waals surface area (Å²) >= 11 is 0. The van der Waals surface area contributed by atoms with E-state index in [4.69, 9.17) is 11.0 Å². The first-order chi connectivity index (χ1) is 6.02. The van der Waals surface area contributed by atoms with Gasteiger partial charge in [0.1, 0.15) is 5.54 Å². The van der Waals surface area contributed by atoms with Crippen LogP contribution in [0.5, 0.6) is 0 Å². The monoisotopic (exact) mass is 183 g/mol. The van der Waals surface area contributed by atoms with Gasteiger partial charge in [-0.05, 0) is 26.9 Å². The van der Waals surface area contributed by atoms with Crippen LogP contribution in [0.2, 0.25) is 0 Å². The largest absolute Gasteiger partial charge is 0.313 e. The molecule has 0 saturated carbocycles. The molecule has 0 aliphatic carbocycles. The quantitative estimate of drug-likeness (QED) is 0.632. The van der Waals surface area contributed by atoms with Crippen LogP contribution in [0.25, 0.3) is 0 Å². The number of hydrogen-bond donors (Lipinski definition) is 1. The van der Waals surface area contributed by atoms with E-state index < -0.39 is 5.54 Å². The van der Waals surface area contributed by atoms with Crippen LogP contribution in [-0.4, -0.2) is 30.6 Å². The number of nitrogens with two attached hydrogens (primary N) is 1. The number of unbranched alkanes of at least 4 members (excludes halogenated alkanes) is 2. The van der Waals surface area contributed by atoms with Gasteiger partial charge in [-0.3, -0.25) is 0 Å². The van der Waals surface area contributed by atoms with Gasteiger partial charge in [-0.15, -0.1) is 0 Å². The van der Waals surface area contributed by atoms with E-state index in [2.05, 4.69) is 17.9 Å². The van der Waals surface area contributed by atoms with Gasteiger partial charge in [-0.2, -0.15) is 5.26 Å². The Morgan fingerprint density at radius 3 is 2.54 bits per heavy atom. The Morgan fingerprint density at radius 2 is 2.08 bits per heavy atom. The summed E-state index contributed by atoms with van der Waals surface area (Å²) in [6.45, 7) is 5.63. The SMILES string of the molecule is CCCCCN(C)CC(C)(N)C#N. The number of nitrogens with zero attached hydrogens (tertiary/aromatic N) is 2. The summed E-state index contributed by atoms with van der Waals surface area (Å²) < 4.78 is 0. The first-order valence-corrected chi connectivity index (χ1v) is 4.90. The fourth-order valence-corrected chi connectivity index (χ4v) is 1.31. The fraction of sp³-hybridized carbons (Fsp3) is 0.900. The molecule has 13 heavy (non-hydrogen) atoms. The number of likely N-dealkylation sites (N-methyl/N-ethyl adjacent to an activating group) is 1. The highest BCUT2D eigenvalue weighted by Gasteiger charge is 2.18. The Bertz CT molecular complexity index is 169. The first kappa shape index (κ1) is 12.4. The van der Waals surface area contributed by atoms with Crippen LogP contribution in [0.3, 0.4) is 0 Å². The maximum absolute atomic E-state index is 8.71. The predicted molar refractivity (Wildman–Crippen MR) is 55.2 cm³/mol. The molecule has 3 nitrogen and oxygen atoms in total. The summed E-state index contributed by atoms with van der Waals surface area (Å²) in [6, 6.07) is 2.10. The molecule has 1 atom stereocenters. The normalized spacial score (nSPS) is 15.4. The van der Waals surface area contributed by atoms with Crippen molar-refractivity contribution < 1.29 is 0 Å². The Labute approximate surface area is 81.5 Å². The molecule has 0 fully saturated rings. The predicted octanol–water partition coefficient (Wildman–Crippen LogP) is 1.35. The second kappa shape index (κ2) is 5.95. The molecule has 0 bridgehead atoms. The smallest absolute Gasteiger partial charge is 0.114 e. The highest BCUT2D eigenvalue weighted by atomic mass is 15.1. The minimum absolute atomic E-state index is 0.646. The third kappa shape index (κ3) is 6.56. The van der Waals surface area contributed by atoms with Crippen molar-refractivity contribution in [2.45, 2.75) is 38.6 Å². The van der Waals surface area contributed by atoms with Crippen molar-refractivity contribution in [1.29, 1.82) is 5.26 Å². The molecule has 0 amide bonds. The van der Waals surface area contributed by atoms with Gasteiger partial charge in [0.05, 0.1) is 6.07 Å². The Kier molecular flexibility index (Phi) is 5.68. The summed E-state index contributed by atoms with van der Waals surface area (Å²) in [6.07, 6.45) is 3.67. The summed E-state index contributed by atoms with van der Waals surface area (Å²) in [5, 5.41) is 8.71. The van der Waals surface area contributed by atoms with Gasteiger partial charge in [0.25, 0.3) is 0 Å². The van der Waals surface area contributed by atoms with Crippen LogP contribution in [-0.2, 0) is 0 Å². The lowest BCUT2D eigenvalue weighted by Gasteiger charge is -2.23. The molecular weight excluding hydrogens is 162 g/mol. The molecule has 0 spiro atoms. The molecule has 0 rings (SSSR count). The summed E-state index contributed by atoms with van der Waals surface area (Å²) in [5.74, 6) is 0. The van der Waals surface area contributed by atoms with Crippen molar-refractivity contribution in [2.75, 3.05) is 20.1 Å². The standard InChI is InChI=1S/C10H21N3/c1-4-5-6-7-13(3)9-10(2,12)8-11/h4-7,9,12H2,1-3H3. The highest BCUT2D eigenvalue weighted by molar-refractivity contribution is 5.02. The van der Waals surface area contributed by atoms with Crippen LogP contribution >= 0.6 is 0 Å². The number of rotatable bonds is 6. The van der Waals surface area contributed by atoms with Crippen molar-refractivity contribution >= 4 is 0 Å². The van der Waals surface area contributed by atoms with Crippen LogP contribution in [0.1, 0.15) is 33.1 Å². The highest BCUT2D eigenvalue weighted by Crippen LogP contribution is 2.02. The van der Waals surface area contributed by atoms with E-state index in [1.54, 1.807) is 6.92 Å². The molecule has 0 aliphatic rings. The molecule has 0 radical (unpaired) electrons. The summed E-state index contributed by atoms with van der Waals surface area (Å²) in [7, 11) is 2.01. The average Bonchev–Trinajstić information content (AvgIpc) is 2.04. The van der Waals surface area contributed by atoms with Crippen LogP contribution in [0.15, 0.2) is 0 Å². The van der Waals surface area contributed by atoms with Crippen molar-refractivity contribution in [3.05, 3.63) is 0 Å². The van der Waals surface area contributed by atoms with Crippen molar-refractivity contribution in [3.63, 3.8) is 0 Å². The minimum Gasteiger partial charge on any atom is -0.313 e. The van der Waals surface area contributed by atoms with E-state index in [-0.39, 0.29) is 0 Å². The maximum Gasteiger partial charge on any atom is 0.114 e.